The van der Waals surface area contributed by atoms with Gasteiger partial charge in [-0.25, -0.2) is 0 Å². The molecular formula is C14H26N2. The standard InChI is InChI=1S/C14H26N2/c1-13(2,3)9-7-10-16-11-8-12(15-16)14(4,5)6/h8,11H,7,9-10H2,1-6H3. The van der Waals surface area contributed by atoms with Crippen molar-refractivity contribution in [3.8, 4) is 0 Å². The van der Waals surface area contributed by atoms with Crippen molar-refractivity contribution in [3.63, 3.8) is 0 Å². The predicted molar refractivity (Wildman–Crippen MR) is 69.6 cm³/mol. The van der Waals surface area contributed by atoms with Crippen molar-refractivity contribution >= 4 is 0 Å². The molecule has 0 atom stereocenters. The van der Waals surface area contributed by atoms with Gasteiger partial charge in [-0.05, 0) is 24.3 Å². The number of rotatable bonds is 3. The lowest BCUT2D eigenvalue weighted by molar-refractivity contribution is 0.348. The molecule has 0 bridgehead atoms. The summed E-state index contributed by atoms with van der Waals surface area (Å²) in [4.78, 5) is 0. The molecule has 1 rings (SSSR count). The molecule has 92 valence electrons. The van der Waals surface area contributed by atoms with Crippen LogP contribution in [0.1, 0.15) is 60.1 Å². The van der Waals surface area contributed by atoms with Crippen LogP contribution in [0.2, 0.25) is 0 Å². The molecule has 0 aliphatic rings. The predicted octanol–water partition coefficient (Wildman–Crippen LogP) is 4.01. The Balaban J connectivity index is 2.48. The Morgan fingerprint density at radius 3 is 2.19 bits per heavy atom. The van der Waals surface area contributed by atoms with E-state index in [-0.39, 0.29) is 5.41 Å². The first kappa shape index (κ1) is 13.3. The molecule has 0 amide bonds. The summed E-state index contributed by atoms with van der Waals surface area (Å²) in [6, 6.07) is 2.14. The maximum atomic E-state index is 4.62. The van der Waals surface area contributed by atoms with Crippen LogP contribution < -0.4 is 0 Å². The van der Waals surface area contributed by atoms with Gasteiger partial charge in [-0.1, -0.05) is 41.5 Å². The van der Waals surface area contributed by atoms with Crippen molar-refractivity contribution in [2.75, 3.05) is 0 Å². The summed E-state index contributed by atoms with van der Waals surface area (Å²) >= 11 is 0. The summed E-state index contributed by atoms with van der Waals surface area (Å²) < 4.78 is 2.08. The van der Waals surface area contributed by atoms with Crippen molar-refractivity contribution in [1.82, 2.24) is 9.78 Å². The van der Waals surface area contributed by atoms with Crippen molar-refractivity contribution in [2.24, 2.45) is 5.41 Å². The van der Waals surface area contributed by atoms with E-state index in [1.807, 2.05) is 0 Å². The average Bonchev–Trinajstić information content (AvgIpc) is 2.49. The van der Waals surface area contributed by atoms with Crippen LogP contribution in [0.3, 0.4) is 0 Å². The molecule has 0 fully saturated rings. The smallest absolute Gasteiger partial charge is 0.0677 e. The third-order valence-electron chi connectivity index (χ3n) is 2.72. The first-order valence-corrected chi connectivity index (χ1v) is 6.22. The Kier molecular flexibility index (Phi) is 3.82. The minimum atomic E-state index is 0.162. The van der Waals surface area contributed by atoms with Crippen LogP contribution in [-0.4, -0.2) is 9.78 Å². The van der Waals surface area contributed by atoms with E-state index < -0.39 is 0 Å². The van der Waals surface area contributed by atoms with E-state index in [0.717, 1.165) is 6.54 Å². The summed E-state index contributed by atoms with van der Waals surface area (Å²) in [5.41, 5.74) is 1.78. The van der Waals surface area contributed by atoms with Crippen LogP contribution in [0.5, 0.6) is 0 Å². The molecule has 0 aliphatic carbocycles. The molecule has 0 aromatic carbocycles. The van der Waals surface area contributed by atoms with E-state index in [1.54, 1.807) is 0 Å². The number of nitrogens with zero attached hydrogens (tertiary/aromatic N) is 2. The molecular weight excluding hydrogens is 196 g/mol. The third kappa shape index (κ3) is 4.38. The number of hydrogen-bond donors (Lipinski definition) is 0. The van der Waals surface area contributed by atoms with E-state index in [4.69, 9.17) is 0 Å². The Hall–Kier alpha value is -0.790. The van der Waals surface area contributed by atoms with E-state index in [9.17, 15) is 0 Å². The molecule has 0 aliphatic heterocycles. The Morgan fingerprint density at radius 2 is 1.75 bits per heavy atom. The summed E-state index contributed by atoms with van der Waals surface area (Å²) in [6.45, 7) is 14.5. The first-order valence-electron chi connectivity index (χ1n) is 6.22. The number of aromatic nitrogens is 2. The van der Waals surface area contributed by atoms with E-state index in [1.165, 1.54) is 18.5 Å². The van der Waals surface area contributed by atoms with Crippen LogP contribution in [0.4, 0.5) is 0 Å². The van der Waals surface area contributed by atoms with Gasteiger partial charge in [0.15, 0.2) is 0 Å². The van der Waals surface area contributed by atoms with E-state index >= 15 is 0 Å². The highest BCUT2D eigenvalue weighted by Gasteiger charge is 2.16. The van der Waals surface area contributed by atoms with Gasteiger partial charge < -0.3 is 0 Å². The quantitative estimate of drug-likeness (QED) is 0.755. The van der Waals surface area contributed by atoms with Gasteiger partial charge >= 0.3 is 0 Å². The Bertz CT molecular complexity index is 323. The molecule has 2 heteroatoms. The second kappa shape index (κ2) is 4.60. The maximum absolute atomic E-state index is 4.62. The minimum absolute atomic E-state index is 0.162. The van der Waals surface area contributed by atoms with Crippen LogP contribution in [-0.2, 0) is 12.0 Å². The maximum Gasteiger partial charge on any atom is 0.0677 e. The Labute approximate surface area is 100 Å². The van der Waals surface area contributed by atoms with Crippen LogP contribution in [0.15, 0.2) is 12.3 Å². The molecule has 1 aromatic rings. The zero-order valence-corrected chi connectivity index (χ0v) is 11.7. The van der Waals surface area contributed by atoms with Crippen LogP contribution >= 0.6 is 0 Å². The lowest BCUT2D eigenvalue weighted by atomic mass is 9.91. The van der Waals surface area contributed by atoms with Gasteiger partial charge in [0.1, 0.15) is 0 Å². The second-order valence-electron chi connectivity index (χ2n) is 6.88. The van der Waals surface area contributed by atoms with Gasteiger partial charge in [0, 0.05) is 18.2 Å². The zero-order valence-electron chi connectivity index (χ0n) is 11.7. The molecule has 2 nitrogen and oxygen atoms in total. The highest BCUT2D eigenvalue weighted by atomic mass is 15.3. The molecule has 0 spiro atoms. The van der Waals surface area contributed by atoms with Gasteiger partial charge in [0.2, 0.25) is 0 Å². The monoisotopic (exact) mass is 222 g/mol. The number of hydrogen-bond acceptors (Lipinski definition) is 1. The lowest BCUT2D eigenvalue weighted by Gasteiger charge is -2.17. The fourth-order valence-electron chi connectivity index (χ4n) is 1.66. The summed E-state index contributed by atoms with van der Waals surface area (Å²) in [5.74, 6) is 0. The van der Waals surface area contributed by atoms with Gasteiger partial charge in [0.25, 0.3) is 0 Å². The largest absolute Gasteiger partial charge is 0.272 e. The van der Waals surface area contributed by atoms with Crippen LogP contribution in [0, 0.1) is 5.41 Å². The second-order valence-corrected chi connectivity index (χ2v) is 6.88. The van der Waals surface area contributed by atoms with Crippen LogP contribution in [0.25, 0.3) is 0 Å². The van der Waals surface area contributed by atoms with Gasteiger partial charge in [-0.3, -0.25) is 4.68 Å². The van der Waals surface area contributed by atoms with E-state index in [0.29, 0.717) is 5.41 Å². The Morgan fingerprint density at radius 1 is 1.12 bits per heavy atom. The molecule has 16 heavy (non-hydrogen) atoms. The molecule has 1 heterocycles. The van der Waals surface area contributed by atoms with Crippen molar-refractivity contribution in [1.29, 1.82) is 0 Å². The SMILES string of the molecule is CC(C)(C)CCCn1ccc(C(C)(C)C)n1. The lowest BCUT2D eigenvalue weighted by Crippen LogP contribution is -2.13. The normalized spacial score (nSPS) is 13.1. The number of aryl methyl sites for hydroxylation is 1. The molecule has 0 radical (unpaired) electrons. The van der Waals surface area contributed by atoms with Gasteiger partial charge in [-0.15, -0.1) is 0 Å². The topological polar surface area (TPSA) is 17.8 Å². The van der Waals surface area contributed by atoms with Crippen molar-refractivity contribution < 1.29 is 0 Å². The van der Waals surface area contributed by atoms with E-state index in [2.05, 4.69) is 63.6 Å². The highest BCUT2D eigenvalue weighted by molar-refractivity contribution is 5.10. The molecule has 0 N–H and O–H groups in total. The van der Waals surface area contributed by atoms with Crippen molar-refractivity contribution in [2.45, 2.75) is 66.3 Å². The van der Waals surface area contributed by atoms with Crippen molar-refractivity contribution in [3.05, 3.63) is 18.0 Å². The zero-order chi connectivity index (χ0) is 12.4. The summed E-state index contributed by atoms with van der Waals surface area (Å²) in [7, 11) is 0. The third-order valence-corrected chi connectivity index (χ3v) is 2.72. The molecule has 1 aromatic heterocycles. The molecule has 0 saturated heterocycles. The fraction of sp³-hybridized carbons (Fsp3) is 0.786. The minimum Gasteiger partial charge on any atom is -0.272 e. The summed E-state index contributed by atoms with van der Waals surface area (Å²) in [6.07, 6.45) is 4.55. The van der Waals surface area contributed by atoms with Gasteiger partial charge in [0.05, 0.1) is 5.69 Å². The first-order chi connectivity index (χ1) is 7.18. The highest BCUT2D eigenvalue weighted by Crippen LogP contribution is 2.22. The summed E-state index contributed by atoms with van der Waals surface area (Å²) in [5, 5.41) is 4.62. The average molecular weight is 222 g/mol. The molecule has 0 saturated carbocycles. The molecule has 0 unspecified atom stereocenters. The fourth-order valence-corrected chi connectivity index (χ4v) is 1.66. The van der Waals surface area contributed by atoms with Gasteiger partial charge in [-0.2, -0.15) is 5.10 Å².